The van der Waals surface area contributed by atoms with Crippen LogP contribution in [-0.2, 0) is 9.53 Å². The van der Waals surface area contributed by atoms with Gasteiger partial charge in [-0.05, 0) is 26.3 Å². The number of rotatable bonds is 1. The van der Waals surface area contributed by atoms with Gasteiger partial charge in [-0.25, -0.2) is 0 Å². The molecule has 2 aliphatic heterocycles. The van der Waals surface area contributed by atoms with Crippen molar-refractivity contribution in [3.05, 3.63) is 12.2 Å². The van der Waals surface area contributed by atoms with E-state index in [9.17, 15) is 9.90 Å². The molecule has 3 atom stereocenters. The number of β-lactam (4-membered cyclic amide) rings is 1. The van der Waals surface area contributed by atoms with Crippen molar-refractivity contribution in [2.45, 2.75) is 38.6 Å². The van der Waals surface area contributed by atoms with Gasteiger partial charge in [0.25, 0.3) is 0 Å². The number of aliphatic hydroxyl groups excluding tert-OH is 1. The Labute approximate surface area is 89.5 Å². The second kappa shape index (κ2) is 3.06. The lowest BCUT2D eigenvalue weighted by molar-refractivity contribution is -0.224. The summed E-state index contributed by atoms with van der Waals surface area (Å²) in [7, 11) is 0. The molecule has 0 bridgehead atoms. The van der Waals surface area contributed by atoms with Crippen LogP contribution in [0.5, 0.6) is 0 Å². The van der Waals surface area contributed by atoms with E-state index in [2.05, 4.69) is 6.58 Å². The molecule has 0 aliphatic carbocycles. The first kappa shape index (κ1) is 10.6. The van der Waals surface area contributed by atoms with Crippen LogP contribution in [0.2, 0.25) is 0 Å². The van der Waals surface area contributed by atoms with Gasteiger partial charge in [0.05, 0.1) is 24.7 Å². The maximum absolute atomic E-state index is 11.8. The highest BCUT2D eigenvalue weighted by Gasteiger charge is 2.58. The molecule has 1 amide bonds. The molecular formula is C11H17NO3. The van der Waals surface area contributed by atoms with Gasteiger partial charge < -0.3 is 14.7 Å². The summed E-state index contributed by atoms with van der Waals surface area (Å²) >= 11 is 0. The van der Waals surface area contributed by atoms with Gasteiger partial charge in [0, 0.05) is 0 Å². The molecule has 4 nitrogen and oxygen atoms in total. The summed E-state index contributed by atoms with van der Waals surface area (Å²) in [5, 5.41) is 9.54. The molecule has 1 N–H and O–H groups in total. The third kappa shape index (κ3) is 1.32. The fourth-order valence-electron chi connectivity index (χ4n) is 2.44. The van der Waals surface area contributed by atoms with Crippen LogP contribution >= 0.6 is 0 Å². The van der Waals surface area contributed by atoms with E-state index in [4.69, 9.17) is 4.74 Å². The molecule has 0 spiro atoms. The monoisotopic (exact) mass is 211 g/mol. The van der Waals surface area contributed by atoms with Crippen molar-refractivity contribution in [1.82, 2.24) is 4.90 Å². The van der Waals surface area contributed by atoms with Crippen LogP contribution < -0.4 is 0 Å². The molecule has 2 heterocycles. The minimum atomic E-state index is -0.621. The van der Waals surface area contributed by atoms with Crippen LogP contribution in [0, 0.1) is 5.92 Å². The summed E-state index contributed by atoms with van der Waals surface area (Å²) in [5.41, 5.74) is 0.300. The van der Waals surface area contributed by atoms with E-state index in [0.717, 1.165) is 5.57 Å². The van der Waals surface area contributed by atoms with Gasteiger partial charge in [0.2, 0.25) is 5.91 Å². The number of nitrogens with zero attached hydrogens (tertiary/aromatic N) is 1. The van der Waals surface area contributed by atoms with Crippen molar-refractivity contribution in [3.63, 3.8) is 0 Å². The molecule has 2 rings (SSSR count). The zero-order valence-corrected chi connectivity index (χ0v) is 9.36. The van der Waals surface area contributed by atoms with Gasteiger partial charge in [-0.3, -0.25) is 4.79 Å². The Balaban J connectivity index is 2.28. The normalized spacial score (nSPS) is 35.9. The zero-order chi connectivity index (χ0) is 11.4. The first-order valence-corrected chi connectivity index (χ1v) is 5.19. The largest absolute Gasteiger partial charge is 0.392 e. The molecule has 15 heavy (non-hydrogen) atoms. The van der Waals surface area contributed by atoms with E-state index in [0.29, 0.717) is 6.61 Å². The van der Waals surface area contributed by atoms with Gasteiger partial charge >= 0.3 is 0 Å². The Kier molecular flexibility index (Phi) is 2.17. The number of amides is 1. The van der Waals surface area contributed by atoms with E-state index < -0.39 is 11.8 Å². The fourth-order valence-corrected chi connectivity index (χ4v) is 2.44. The Bertz CT molecular complexity index is 322. The second-order valence-electron chi connectivity index (χ2n) is 4.81. The molecule has 0 radical (unpaired) electrons. The number of ether oxygens (including phenoxy) is 1. The van der Waals surface area contributed by atoms with Gasteiger partial charge in [-0.1, -0.05) is 6.58 Å². The van der Waals surface area contributed by atoms with Crippen LogP contribution in [0.1, 0.15) is 20.8 Å². The van der Waals surface area contributed by atoms with Crippen LogP contribution in [0.15, 0.2) is 12.2 Å². The second-order valence-corrected chi connectivity index (χ2v) is 4.81. The molecule has 0 saturated carbocycles. The van der Waals surface area contributed by atoms with E-state index >= 15 is 0 Å². The Hall–Kier alpha value is -0.870. The van der Waals surface area contributed by atoms with E-state index in [1.54, 1.807) is 11.8 Å². The van der Waals surface area contributed by atoms with Crippen molar-refractivity contribution in [1.29, 1.82) is 0 Å². The van der Waals surface area contributed by atoms with Crippen LogP contribution in [-0.4, -0.2) is 40.4 Å². The first-order chi connectivity index (χ1) is 6.86. The Morgan fingerprint density at radius 1 is 1.67 bits per heavy atom. The van der Waals surface area contributed by atoms with Gasteiger partial charge in [0.1, 0.15) is 5.72 Å². The quantitative estimate of drug-likeness (QED) is 0.508. The molecule has 0 aromatic rings. The zero-order valence-electron chi connectivity index (χ0n) is 9.36. The van der Waals surface area contributed by atoms with Crippen molar-refractivity contribution >= 4 is 5.91 Å². The lowest BCUT2D eigenvalue weighted by atomic mass is 9.77. The van der Waals surface area contributed by atoms with Gasteiger partial charge in [-0.15, -0.1) is 0 Å². The number of fused-ring (bicyclic) bond motifs is 1. The molecule has 2 saturated heterocycles. The highest BCUT2D eigenvalue weighted by Crippen LogP contribution is 2.43. The standard InChI is InChI=1S/C11H17NO3/c1-6-5-15-11(3,4)12-9(6)8(7(2)13)10(12)14/h7-9,13H,1,5H2,2-4H3/t7-,8-,9-/m1/s1. The van der Waals surface area contributed by atoms with Gasteiger partial charge in [-0.2, -0.15) is 0 Å². The molecule has 0 aromatic carbocycles. The summed E-state index contributed by atoms with van der Waals surface area (Å²) in [6.07, 6.45) is -0.621. The average molecular weight is 211 g/mol. The van der Waals surface area contributed by atoms with E-state index in [-0.39, 0.29) is 17.9 Å². The van der Waals surface area contributed by atoms with Crippen molar-refractivity contribution in [2.24, 2.45) is 5.92 Å². The highest BCUT2D eigenvalue weighted by atomic mass is 16.5. The molecule has 0 unspecified atom stereocenters. The number of carbonyl (C=O) groups excluding carboxylic acids is 1. The van der Waals surface area contributed by atoms with E-state index in [1.165, 1.54) is 0 Å². The van der Waals surface area contributed by atoms with Crippen molar-refractivity contribution in [2.75, 3.05) is 6.61 Å². The molecule has 2 aliphatic rings. The SMILES string of the molecule is C=C1COC(C)(C)N2C(=O)[C@H]([C@@H](C)O)[C@@H]12. The predicted octanol–water partition coefficient (Wildman–Crippen LogP) is 0.517. The molecular weight excluding hydrogens is 194 g/mol. The fraction of sp³-hybridized carbons (Fsp3) is 0.727. The number of hydrogen-bond donors (Lipinski definition) is 1. The smallest absolute Gasteiger partial charge is 0.233 e. The third-order valence-corrected chi connectivity index (χ3v) is 3.27. The topological polar surface area (TPSA) is 49.8 Å². The molecule has 84 valence electrons. The molecule has 0 aromatic heterocycles. The number of hydrogen-bond acceptors (Lipinski definition) is 3. The number of aliphatic hydroxyl groups is 1. The summed E-state index contributed by atoms with van der Waals surface area (Å²) in [6.45, 7) is 9.74. The average Bonchev–Trinajstić information content (AvgIpc) is 2.07. The Morgan fingerprint density at radius 2 is 2.27 bits per heavy atom. The lowest BCUT2D eigenvalue weighted by Crippen LogP contribution is -2.73. The van der Waals surface area contributed by atoms with Crippen LogP contribution in [0.3, 0.4) is 0 Å². The summed E-state index contributed by atoms with van der Waals surface area (Å²) < 4.78 is 5.53. The van der Waals surface area contributed by atoms with Gasteiger partial charge in [0.15, 0.2) is 0 Å². The van der Waals surface area contributed by atoms with Crippen molar-refractivity contribution in [3.8, 4) is 0 Å². The summed E-state index contributed by atoms with van der Waals surface area (Å²) in [6, 6.07) is -0.0544. The number of carbonyl (C=O) groups is 1. The maximum Gasteiger partial charge on any atom is 0.233 e. The lowest BCUT2D eigenvalue weighted by Gasteiger charge is -2.58. The van der Waals surface area contributed by atoms with Crippen LogP contribution in [0.25, 0.3) is 0 Å². The van der Waals surface area contributed by atoms with E-state index in [1.807, 2.05) is 13.8 Å². The maximum atomic E-state index is 11.8. The first-order valence-electron chi connectivity index (χ1n) is 5.19. The summed E-state index contributed by atoms with van der Waals surface area (Å²) in [5.74, 6) is -0.374. The minimum Gasteiger partial charge on any atom is -0.392 e. The Morgan fingerprint density at radius 3 is 2.80 bits per heavy atom. The molecule has 4 heteroatoms. The summed E-state index contributed by atoms with van der Waals surface area (Å²) in [4.78, 5) is 13.5. The predicted molar refractivity (Wildman–Crippen MR) is 55.0 cm³/mol. The minimum absolute atomic E-state index is 0.0409. The van der Waals surface area contributed by atoms with Crippen LogP contribution in [0.4, 0.5) is 0 Å². The highest BCUT2D eigenvalue weighted by molar-refractivity contribution is 5.88. The molecule has 2 fully saturated rings. The third-order valence-electron chi connectivity index (χ3n) is 3.27. The van der Waals surface area contributed by atoms with Crippen molar-refractivity contribution < 1.29 is 14.6 Å².